The summed E-state index contributed by atoms with van der Waals surface area (Å²) in [6, 6.07) is 5.18. The van der Waals surface area contributed by atoms with Crippen molar-refractivity contribution in [3.05, 3.63) is 28.6 Å². The summed E-state index contributed by atoms with van der Waals surface area (Å²) in [5.74, 6) is -0.270. The van der Waals surface area contributed by atoms with E-state index in [1.165, 1.54) is 6.92 Å². The zero-order chi connectivity index (χ0) is 17.1. The van der Waals surface area contributed by atoms with Crippen molar-refractivity contribution >= 4 is 16.9 Å². The Kier molecular flexibility index (Phi) is 4.93. The van der Waals surface area contributed by atoms with E-state index in [1.807, 2.05) is 27.7 Å². The number of fused-ring (bicyclic) bond motifs is 1. The van der Waals surface area contributed by atoms with Crippen LogP contribution >= 0.6 is 0 Å². The van der Waals surface area contributed by atoms with Gasteiger partial charge in [-0.1, -0.05) is 6.07 Å². The van der Waals surface area contributed by atoms with E-state index >= 15 is 0 Å². The Morgan fingerprint density at radius 2 is 1.70 bits per heavy atom. The van der Waals surface area contributed by atoms with Gasteiger partial charge in [0.15, 0.2) is 17.1 Å². The third-order valence-corrected chi connectivity index (χ3v) is 2.77. The van der Waals surface area contributed by atoms with Gasteiger partial charge in [0.1, 0.15) is 0 Å². The van der Waals surface area contributed by atoms with Crippen molar-refractivity contribution < 1.29 is 23.4 Å². The summed E-state index contributed by atoms with van der Waals surface area (Å²) >= 11 is 0. The molecule has 0 radical (unpaired) electrons. The molecule has 1 heterocycles. The minimum absolute atomic E-state index is 0.0893. The Balaban J connectivity index is 2.75. The molecule has 124 valence electrons. The summed E-state index contributed by atoms with van der Waals surface area (Å²) in [6.45, 7) is 8.57. The normalized spacial score (nSPS) is 11.1. The molecule has 0 saturated carbocycles. The molecule has 1 aromatic heterocycles. The van der Waals surface area contributed by atoms with Crippen LogP contribution in [0.5, 0.6) is 17.2 Å². The standard InChI is InChI=1S/C17H20O6/c1-9(2)20-13-8-6-7-12-14(13)23-17(19)16(22-11(5)18)15(12)21-10(3)4/h6-10H,1-5H3. The van der Waals surface area contributed by atoms with E-state index < -0.39 is 11.6 Å². The molecule has 0 aliphatic carbocycles. The molecule has 2 aromatic rings. The van der Waals surface area contributed by atoms with Crippen molar-refractivity contribution in [1.82, 2.24) is 0 Å². The van der Waals surface area contributed by atoms with Gasteiger partial charge in [-0.2, -0.15) is 0 Å². The smallest absolute Gasteiger partial charge is 0.383 e. The van der Waals surface area contributed by atoms with Crippen molar-refractivity contribution in [2.24, 2.45) is 0 Å². The maximum absolute atomic E-state index is 12.2. The lowest BCUT2D eigenvalue weighted by molar-refractivity contribution is -0.132. The maximum atomic E-state index is 12.2. The third-order valence-electron chi connectivity index (χ3n) is 2.77. The zero-order valence-electron chi connectivity index (χ0n) is 13.8. The van der Waals surface area contributed by atoms with Crippen molar-refractivity contribution in [1.29, 1.82) is 0 Å². The molecule has 0 fully saturated rings. The van der Waals surface area contributed by atoms with Gasteiger partial charge in [0, 0.05) is 6.92 Å². The second-order valence-electron chi connectivity index (χ2n) is 5.61. The van der Waals surface area contributed by atoms with Gasteiger partial charge in [0.05, 0.1) is 17.6 Å². The first-order valence-electron chi connectivity index (χ1n) is 7.41. The minimum Gasteiger partial charge on any atom is -0.487 e. The Morgan fingerprint density at radius 1 is 1.04 bits per heavy atom. The zero-order valence-corrected chi connectivity index (χ0v) is 13.8. The van der Waals surface area contributed by atoms with Gasteiger partial charge in [-0.25, -0.2) is 4.79 Å². The van der Waals surface area contributed by atoms with Crippen LogP contribution in [0.4, 0.5) is 0 Å². The number of ether oxygens (including phenoxy) is 3. The van der Waals surface area contributed by atoms with Gasteiger partial charge in [-0.05, 0) is 39.8 Å². The quantitative estimate of drug-likeness (QED) is 0.621. The molecule has 6 heteroatoms. The highest BCUT2D eigenvalue weighted by Gasteiger charge is 2.22. The summed E-state index contributed by atoms with van der Waals surface area (Å²) in [5, 5.41) is 0.507. The van der Waals surface area contributed by atoms with Gasteiger partial charge in [-0.15, -0.1) is 0 Å². The van der Waals surface area contributed by atoms with Crippen LogP contribution in [-0.2, 0) is 4.79 Å². The molecule has 0 N–H and O–H groups in total. The average Bonchev–Trinajstić information content (AvgIpc) is 2.42. The molecule has 2 rings (SSSR count). The summed E-state index contributed by atoms with van der Waals surface area (Å²) in [4.78, 5) is 23.5. The largest absolute Gasteiger partial charge is 0.487 e. The van der Waals surface area contributed by atoms with Crippen LogP contribution in [0.2, 0.25) is 0 Å². The number of carbonyl (C=O) groups is 1. The van der Waals surface area contributed by atoms with Crippen LogP contribution in [0.3, 0.4) is 0 Å². The van der Waals surface area contributed by atoms with Crippen LogP contribution in [0.15, 0.2) is 27.4 Å². The molecular formula is C17H20O6. The van der Waals surface area contributed by atoms with Gasteiger partial charge in [0.2, 0.25) is 0 Å². The van der Waals surface area contributed by atoms with E-state index in [-0.39, 0.29) is 29.3 Å². The molecule has 0 atom stereocenters. The minimum atomic E-state index is -0.789. The highest BCUT2D eigenvalue weighted by Crippen LogP contribution is 2.37. The van der Waals surface area contributed by atoms with Crippen LogP contribution < -0.4 is 19.8 Å². The average molecular weight is 320 g/mol. The fourth-order valence-corrected chi connectivity index (χ4v) is 2.09. The SMILES string of the molecule is CC(=O)Oc1c(OC(C)C)c2cccc(OC(C)C)c2oc1=O. The fraction of sp³-hybridized carbons (Fsp3) is 0.412. The first-order chi connectivity index (χ1) is 10.8. The molecule has 0 spiro atoms. The first-order valence-corrected chi connectivity index (χ1v) is 7.41. The van der Waals surface area contributed by atoms with Gasteiger partial charge in [0.25, 0.3) is 5.75 Å². The first kappa shape index (κ1) is 16.9. The Bertz CT molecular complexity index is 772. The lowest BCUT2D eigenvalue weighted by atomic mass is 10.2. The lowest BCUT2D eigenvalue weighted by Gasteiger charge is -2.16. The Hall–Kier alpha value is -2.50. The Morgan fingerprint density at radius 3 is 2.26 bits per heavy atom. The van der Waals surface area contributed by atoms with E-state index in [0.29, 0.717) is 11.1 Å². The van der Waals surface area contributed by atoms with Crippen molar-refractivity contribution in [2.75, 3.05) is 0 Å². The summed E-state index contributed by atoms with van der Waals surface area (Å²) < 4.78 is 21.7. The molecule has 1 aromatic carbocycles. The van der Waals surface area contributed by atoms with Crippen LogP contribution in [0.25, 0.3) is 11.0 Å². The molecule has 6 nitrogen and oxygen atoms in total. The highest BCUT2D eigenvalue weighted by atomic mass is 16.6. The molecule has 0 unspecified atom stereocenters. The van der Waals surface area contributed by atoms with Crippen molar-refractivity contribution in [2.45, 2.75) is 46.8 Å². The van der Waals surface area contributed by atoms with E-state index in [2.05, 4.69) is 0 Å². The number of benzene rings is 1. The van der Waals surface area contributed by atoms with Crippen LogP contribution in [0, 0.1) is 0 Å². The van der Waals surface area contributed by atoms with Crippen molar-refractivity contribution in [3.63, 3.8) is 0 Å². The van der Waals surface area contributed by atoms with E-state index in [4.69, 9.17) is 18.6 Å². The van der Waals surface area contributed by atoms with Gasteiger partial charge >= 0.3 is 11.6 Å². The number of carbonyl (C=O) groups excluding carboxylic acids is 1. The van der Waals surface area contributed by atoms with Crippen LogP contribution in [-0.4, -0.2) is 18.2 Å². The summed E-state index contributed by atoms with van der Waals surface area (Å²) in [5.41, 5.74) is -0.527. The topological polar surface area (TPSA) is 75.0 Å². The molecule has 0 aliphatic rings. The predicted molar refractivity (Wildman–Crippen MR) is 85.3 cm³/mol. The van der Waals surface area contributed by atoms with Gasteiger partial charge in [-0.3, -0.25) is 4.79 Å². The highest BCUT2D eigenvalue weighted by molar-refractivity contribution is 5.90. The van der Waals surface area contributed by atoms with E-state index in [0.717, 1.165) is 0 Å². The van der Waals surface area contributed by atoms with Crippen LogP contribution in [0.1, 0.15) is 34.6 Å². The lowest BCUT2D eigenvalue weighted by Crippen LogP contribution is -2.16. The fourth-order valence-electron chi connectivity index (χ4n) is 2.09. The number of para-hydroxylation sites is 1. The number of hydrogen-bond acceptors (Lipinski definition) is 6. The van der Waals surface area contributed by atoms with Crippen molar-refractivity contribution in [3.8, 4) is 17.2 Å². The van der Waals surface area contributed by atoms with E-state index in [1.54, 1.807) is 18.2 Å². The summed E-state index contributed by atoms with van der Waals surface area (Å²) in [7, 11) is 0. The van der Waals surface area contributed by atoms with E-state index in [9.17, 15) is 9.59 Å². The predicted octanol–water partition coefficient (Wildman–Crippen LogP) is 3.29. The van der Waals surface area contributed by atoms with Gasteiger partial charge < -0.3 is 18.6 Å². The third kappa shape index (κ3) is 3.83. The number of rotatable bonds is 5. The summed E-state index contributed by atoms with van der Waals surface area (Å²) in [6.07, 6.45) is -0.308. The maximum Gasteiger partial charge on any atom is 0.383 e. The monoisotopic (exact) mass is 320 g/mol. The molecule has 0 saturated heterocycles. The second-order valence-corrected chi connectivity index (χ2v) is 5.61. The number of hydrogen-bond donors (Lipinski definition) is 0. The number of esters is 1. The molecule has 0 bridgehead atoms. The molecule has 0 aliphatic heterocycles. The molecular weight excluding hydrogens is 300 g/mol. The molecule has 23 heavy (non-hydrogen) atoms. The second kappa shape index (κ2) is 6.73. The molecule has 0 amide bonds. The Labute approximate surface area is 134 Å².